The molecule has 22 heavy (non-hydrogen) atoms. The van der Waals surface area contributed by atoms with Crippen LogP contribution in [0.2, 0.25) is 0 Å². The van der Waals surface area contributed by atoms with Crippen molar-refractivity contribution in [3.05, 3.63) is 35.8 Å². The molecule has 0 bridgehead atoms. The van der Waals surface area contributed by atoms with E-state index in [1.165, 1.54) is 24.1 Å². The van der Waals surface area contributed by atoms with Gasteiger partial charge in [0.15, 0.2) is 5.82 Å². The normalized spacial score (nSPS) is 18.1. The molecule has 1 N–H and O–H groups in total. The Morgan fingerprint density at radius 3 is 2.55 bits per heavy atom. The topological polar surface area (TPSA) is 53.9 Å². The number of aryl methyl sites for hydroxylation is 1. The Kier molecular flexibility index (Phi) is 3.72. The molecule has 0 spiro atoms. The highest BCUT2D eigenvalue weighted by atomic mass is 15.2. The average molecular weight is 295 g/mol. The fourth-order valence-electron chi connectivity index (χ4n) is 3.34. The van der Waals surface area contributed by atoms with Crippen LogP contribution in [0.3, 0.4) is 0 Å². The molecule has 5 nitrogen and oxygen atoms in total. The lowest BCUT2D eigenvalue weighted by molar-refractivity contribution is 0.577. The monoisotopic (exact) mass is 295 g/mol. The van der Waals surface area contributed by atoms with E-state index in [9.17, 15) is 0 Å². The van der Waals surface area contributed by atoms with E-state index in [1.54, 1.807) is 0 Å². The average Bonchev–Trinajstić information content (AvgIpc) is 2.62. The first-order valence-electron chi connectivity index (χ1n) is 8.18. The van der Waals surface area contributed by atoms with Gasteiger partial charge in [-0.2, -0.15) is 0 Å². The molecule has 114 valence electrons. The second kappa shape index (κ2) is 6.01. The maximum absolute atomic E-state index is 4.94. The number of hydrogen-bond acceptors (Lipinski definition) is 5. The number of fused-ring (bicyclic) bond motifs is 1. The van der Waals surface area contributed by atoms with E-state index in [0.717, 1.165) is 56.2 Å². The van der Waals surface area contributed by atoms with E-state index in [2.05, 4.69) is 15.2 Å². The van der Waals surface area contributed by atoms with Gasteiger partial charge in [-0.25, -0.2) is 9.97 Å². The maximum Gasteiger partial charge on any atom is 0.161 e. The number of pyridine rings is 1. The van der Waals surface area contributed by atoms with Crippen molar-refractivity contribution in [3.63, 3.8) is 0 Å². The summed E-state index contributed by atoms with van der Waals surface area (Å²) >= 11 is 0. The fraction of sp³-hybridized carbons (Fsp3) is 0.471. The van der Waals surface area contributed by atoms with Crippen molar-refractivity contribution in [3.8, 4) is 11.4 Å². The zero-order chi connectivity index (χ0) is 14.8. The Hall–Kier alpha value is -2.01. The molecule has 0 aromatic carbocycles. The van der Waals surface area contributed by atoms with Crippen LogP contribution in [-0.4, -0.2) is 41.1 Å². The summed E-state index contributed by atoms with van der Waals surface area (Å²) in [5.41, 5.74) is 3.69. The number of aromatic nitrogens is 3. The predicted octanol–water partition coefficient (Wildman–Crippen LogP) is 1.83. The first-order valence-corrected chi connectivity index (χ1v) is 8.18. The highest BCUT2D eigenvalue weighted by molar-refractivity contribution is 5.60. The van der Waals surface area contributed by atoms with Crippen molar-refractivity contribution in [2.45, 2.75) is 25.7 Å². The van der Waals surface area contributed by atoms with Gasteiger partial charge in [0, 0.05) is 55.4 Å². The summed E-state index contributed by atoms with van der Waals surface area (Å²) in [5, 5.41) is 3.42. The number of piperazine rings is 1. The summed E-state index contributed by atoms with van der Waals surface area (Å²) < 4.78 is 0. The Labute approximate surface area is 130 Å². The largest absolute Gasteiger partial charge is 0.354 e. The molecule has 1 aliphatic heterocycles. The molecular weight excluding hydrogens is 274 g/mol. The lowest BCUT2D eigenvalue weighted by Crippen LogP contribution is -2.44. The second-order valence-corrected chi connectivity index (χ2v) is 5.98. The van der Waals surface area contributed by atoms with Crippen molar-refractivity contribution in [1.29, 1.82) is 0 Å². The molecule has 1 saturated heterocycles. The van der Waals surface area contributed by atoms with Crippen molar-refractivity contribution < 1.29 is 0 Å². The maximum atomic E-state index is 4.94. The van der Waals surface area contributed by atoms with Gasteiger partial charge in [-0.3, -0.25) is 4.98 Å². The van der Waals surface area contributed by atoms with E-state index < -0.39 is 0 Å². The highest BCUT2D eigenvalue weighted by Gasteiger charge is 2.23. The van der Waals surface area contributed by atoms with Gasteiger partial charge in [0.05, 0.1) is 0 Å². The van der Waals surface area contributed by atoms with Gasteiger partial charge in [-0.05, 0) is 37.8 Å². The third-order valence-corrected chi connectivity index (χ3v) is 4.52. The van der Waals surface area contributed by atoms with E-state index in [1.807, 2.05) is 24.5 Å². The summed E-state index contributed by atoms with van der Waals surface area (Å²) in [6.07, 6.45) is 8.30. The van der Waals surface area contributed by atoms with Gasteiger partial charge in [-0.15, -0.1) is 0 Å². The van der Waals surface area contributed by atoms with Crippen LogP contribution in [0.4, 0.5) is 5.82 Å². The third kappa shape index (κ3) is 2.57. The summed E-state index contributed by atoms with van der Waals surface area (Å²) in [4.78, 5) is 16.3. The van der Waals surface area contributed by atoms with E-state index in [0.29, 0.717) is 0 Å². The quantitative estimate of drug-likeness (QED) is 0.916. The number of nitrogens with one attached hydrogen (secondary N) is 1. The van der Waals surface area contributed by atoms with E-state index >= 15 is 0 Å². The van der Waals surface area contributed by atoms with Gasteiger partial charge >= 0.3 is 0 Å². The van der Waals surface area contributed by atoms with Crippen LogP contribution in [0.5, 0.6) is 0 Å². The molecule has 0 unspecified atom stereocenters. The lowest BCUT2D eigenvalue weighted by atomic mass is 9.95. The van der Waals surface area contributed by atoms with Crippen LogP contribution in [0.15, 0.2) is 24.5 Å². The smallest absolute Gasteiger partial charge is 0.161 e. The third-order valence-electron chi connectivity index (χ3n) is 4.52. The van der Waals surface area contributed by atoms with Gasteiger partial charge < -0.3 is 10.2 Å². The van der Waals surface area contributed by atoms with Gasteiger partial charge in [-0.1, -0.05) is 0 Å². The molecule has 1 fully saturated rings. The Morgan fingerprint density at radius 2 is 1.73 bits per heavy atom. The molecular formula is C17H21N5. The molecule has 0 saturated carbocycles. The molecule has 0 atom stereocenters. The number of anilines is 1. The predicted molar refractivity (Wildman–Crippen MR) is 87.0 cm³/mol. The first kappa shape index (κ1) is 13.6. The van der Waals surface area contributed by atoms with Crippen molar-refractivity contribution in [2.24, 2.45) is 0 Å². The summed E-state index contributed by atoms with van der Waals surface area (Å²) in [6, 6.07) is 3.98. The van der Waals surface area contributed by atoms with Gasteiger partial charge in [0.25, 0.3) is 0 Å². The molecule has 4 rings (SSSR count). The van der Waals surface area contributed by atoms with Crippen LogP contribution in [0, 0.1) is 0 Å². The van der Waals surface area contributed by atoms with Gasteiger partial charge in [0.2, 0.25) is 0 Å². The van der Waals surface area contributed by atoms with Crippen LogP contribution < -0.4 is 10.2 Å². The fourth-order valence-corrected chi connectivity index (χ4v) is 3.34. The van der Waals surface area contributed by atoms with E-state index in [4.69, 9.17) is 9.97 Å². The minimum Gasteiger partial charge on any atom is -0.354 e. The van der Waals surface area contributed by atoms with Crippen LogP contribution in [0.1, 0.15) is 24.1 Å². The molecule has 0 amide bonds. The summed E-state index contributed by atoms with van der Waals surface area (Å²) in [5.74, 6) is 2.01. The van der Waals surface area contributed by atoms with Crippen molar-refractivity contribution in [2.75, 3.05) is 31.1 Å². The number of rotatable bonds is 2. The second-order valence-electron chi connectivity index (χ2n) is 5.98. The molecule has 0 radical (unpaired) electrons. The zero-order valence-corrected chi connectivity index (χ0v) is 12.8. The summed E-state index contributed by atoms with van der Waals surface area (Å²) in [6.45, 7) is 4.12. The van der Waals surface area contributed by atoms with E-state index in [-0.39, 0.29) is 0 Å². The van der Waals surface area contributed by atoms with Crippen molar-refractivity contribution in [1.82, 2.24) is 20.3 Å². The molecule has 1 aliphatic carbocycles. The Bertz CT molecular complexity index is 650. The zero-order valence-electron chi connectivity index (χ0n) is 12.8. The molecule has 5 heteroatoms. The Morgan fingerprint density at radius 1 is 0.955 bits per heavy atom. The number of nitrogens with zero attached hydrogens (tertiary/aromatic N) is 4. The molecule has 3 heterocycles. The standard InChI is InChI=1S/C17H21N5/c1-2-4-15-14(3-1)17(22-11-9-19-10-12-22)21-16(20-15)13-5-7-18-8-6-13/h5-8,19H,1-4,9-12H2. The van der Waals surface area contributed by atoms with Crippen LogP contribution in [-0.2, 0) is 12.8 Å². The van der Waals surface area contributed by atoms with Crippen LogP contribution >= 0.6 is 0 Å². The van der Waals surface area contributed by atoms with Crippen molar-refractivity contribution >= 4 is 5.82 Å². The van der Waals surface area contributed by atoms with Gasteiger partial charge in [0.1, 0.15) is 5.82 Å². The lowest BCUT2D eigenvalue weighted by Gasteiger charge is -2.32. The minimum atomic E-state index is 0.844. The highest BCUT2D eigenvalue weighted by Crippen LogP contribution is 2.30. The molecule has 2 aromatic heterocycles. The molecule has 2 aliphatic rings. The Balaban J connectivity index is 1.80. The minimum absolute atomic E-state index is 0.844. The number of hydrogen-bond donors (Lipinski definition) is 1. The molecule has 2 aromatic rings. The summed E-state index contributed by atoms with van der Waals surface area (Å²) in [7, 11) is 0. The first-order chi connectivity index (χ1) is 10.9. The van der Waals surface area contributed by atoms with Crippen LogP contribution in [0.25, 0.3) is 11.4 Å². The SMILES string of the molecule is c1cc(-c2nc3c(c(N4CCNCC4)n2)CCCC3)ccn1.